The molecule has 0 aromatic carbocycles. The largest absolute Gasteiger partial charge is 0.0895 e. The van der Waals surface area contributed by atoms with Gasteiger partial charge in [-0.3, -0.25) is 0 Å². The lowest BCUT2D eigenvalue weighted by Gasteiger charge is -1.79. The van der Waals surface area contributed by atoms with Gasteiger partial charge in [0, 0.05) is 10.1 Å². The third-order valence-electron chi connectivity index (χ3n) is 0.603. The van der Waals surface area contributed by atoms with Gasteiger partial charge in [0.2, 0.25) is 0 Å². The quantitative estimate of drug-likeness (QED) is 0.547. The fourth-order valence-corrected chi connectivity index (χ4v) is 0.431. The van der Waals surface area contributed by atoms with Gasteiger partial charge in [0.05, 0.1) is 0 Å². The van der Waals surface area contributed by atoms with E-state index >= 15 is 0 Å². The molecule has 0 nitrogen and oxygen atoms in total. The van der Waals surface area contributed by atoms with E-state index in [1.165, 1.54) is 0 Å². The van der Waals surface area contributed by atoms with Crippen molar-refractivity contribution in [3.05, 3.63) is 34.9 Å². The maximum absolute atomic E-state index is 5.50. The second-order valence-electron chi connectivity index (χ2n) is 1.56. The summed E-state index contributed by atoms with van der Waals surface area (Å²) in [7, 11) is 0. The summed E-state index contributed by atoms with van der Waals surface area (Å²) in [5.41, 5.74) is 0. The van der Waals surface area contributed by atoms with E-state index in [9.17, 15) is 0 Å². The van der Waals surface area contributed by atoms with E-state index in [2.05, 4.69) is 6.58 Å². The van der Waals surface area contributed by atoms with Gasteiger partial charge in [-0.1, -0.05) is 35.9 Å². The predicted molar refractivity (Wildman–Crippen MR) is 43.7 cm³/mol. The fraction of sp³-hybridized carbons (Fsp3) is 0.143. The standard InChI is InChI=1S/C7H8Cl2/c1-6(8)4-3-5-7(2)9/h3-5H,1H2,2H3/b4-3-,7-5+. The molecule has 0 radical (unpaired) electrons. The summed E-state index contributed by atoms with van der Waals surface area (Å²) in [4.78, 5) is 0. The second-order valence-corrected chi connectivity index (χ2v) is 2.64. The normalized spacial score (nSPS) is 12.6. The van der Waals surface area contributed by atoms with Crippen molar-refractivity contribution in [2.24, 2.45) is 0 Å². The Bertz CT molecular complexity index is 150. The van der Waals surface area contributed by atoms with Gasteiger partial charge < -0.3 is 0 Å². The minimum absolute atomic E-state index is 0.504. The van der Waals surface area contributed by atoms with Crippen LogP contribution in [0.15, 0.2) is 34.9 Å². The molecule has 2 heteroatoms. The number of rotatable bonds is 2. The van der Waals surface area contributed by atoms with Gasteiger partial charge >= 0.3 is 0 Å². The van der Waals surface area contributed by atoms with E-state index < -0.39 is 0 Å². The summed E-state index contributed by atoms with van der Waals surface area (Å²) in [5.74, 6) is 0. The predicted octanol–water partition coefficient (Wildman–Crippen LogP) is 3.44. The lowest BCUT2D eigenvalue weighted by atomic mass is 10.4. The highest BCUT2D eigenvalue weighted by atomic mass is 35.5. The second kappa shape index (κ2) is 4.66. The van der Waals surface area contributed by atoms with Crippen molar-refractivity contribution in [2.45, 2.75) is 6.92 Å². The van der Waals surface area contributed by atoms with Crippen molar-refractivity contribution >= 4 is 23.2 Å². The average Bonchev–Trinajstić information content (AvgIpc) is 1.63. The molecule has 0 saturated carbocycles. The summed E-state index contributed by atoms with van der Waals surface area (Å²) >= 11 is 10.9. The number of allylic oxidation sites excluding steroid dienone is 5. The van der Waals surface area contributed by atoms with Crippen molar-refractivity contribution < 1.29 is 0 Å². The monoisotopic (exact) mass is 162 g/mol. The Labute approximate surface area is 65.5 Å². The van der Waals surface area contributed by atoms with Gasteiger partial charge in [0.1, 0.15) is 0 Å². The maximum Gasteiger partial charge on any atom is 0.0334 e. The smallest absolute Gasteiger partial charge is 0.0334 e. The zero-order valence-electron chi connectivity index (χ0n) is 5.20. The van der Waals surface area contributed by atoms with E-state index in [0.29, 0.717) is 5.03 Å². The molecule has 9 heavy (non-hydrogen) atoms. The van der Waals surface area contributed by atoms with Crippen LogP contribution in [0.5, 0.6) is 0 Å². The van der Waals surface area contributed by atoms with Crippen molar-refractivity contribution in [1.82, 2.24) is 0 Å². The van der Waals surface area contributed by atoms with Crippen LogP contribution in [-0.4, -0.2) is 0 Å². The first-order valence-electron chi connectivity index (χ1n) is 2.48. The Balaban J connectivity index is 3.74. The molecule has 0 amide bonds. The van der Waals surface area contributed by atoms with Crippen LogP contribution < -0.4 is 0 Å². The molecule has 0 aliphatic carbocycles. The van der Waals surface area contributed by atoms with Crippen LogP contribution in [0, 0.1) is 0 Å². The molecule has 0 atom stereocenters. The molecule has 0 bridgehead atoms. The summed E-state index contributed by atoms with van der Waals surface area (Å²) < 4.78 is 0. The van der Waals surface area contributed by atoms with Gasteiger partial charge in [-0.15, -0.1) is 0 Å². The first kappa shape index (κ1) is 8.80. The van der Waals surface area contributed by atoms with Crippen LogP contribution in [0.4, 0.5) is 0 Å². The van der Waals surface area contributed by atoms with E-state index in [4.69, 9.17) is 23.2 Å². The minimum Gasteiger partial charge on any atom is -0.0895 e. The van der Waals surface area contributed by atoms with Crippen LogP contribution in [0.3, 0.4) is 0 Å². The molecular formula is C7H8Cl2. The Hall–Kier alpha value is -0.200. The van der Waals surface area contributed by atoms with Gasteiger partial charge in [-0.25, -0.2) is 0 Å². The zero-order chi connectivity index (χ0) is 7.28. The summed E-state index contributed by atoms with van der Waals surface area (Å²) in [6.07, 6.45) is 5.17. The van der Waals surface area contributed by atoms with Crippen LogP contribution in [0.2, 0.25) is 0 Å². The van der Waals surface area contributed by atoms with Gasteiger partial charge in [0.25, 0.3) is 0 Å². The fourth-order valence-electron chi connectivity index (χ4n) is 0.285. The van der Waals surface area contributed by atoms with Gasteiger partial charge in [0.15, 0.2) is 0 Å². The SMILES string of the molecule is C=C(Cl)/C=C\C=C(/C)Cl. The van der Waals surface area contributed by atoms with Crippen molar-refractivity contribution in [1.29, 1.82) is 0 Å². The molecule has 50 valence electrons. The number of hydrogen-bond donors (Lipinski definition) is 0. The molecular weight excluding hydrogens is 155 g/mol. The molecule has 0 aliphatic rings. The molecule has 0 N–H and O–H groups in total. The minimum atomic E-state index is 0.504. The zero-order valence-corrected chi connectivity index (χ0v) is 6.71. The van der Waals surface area contributed by atoms with E-state index in [1.54, 1.807) is 25.2 Å². The lowest BCUT2D eigenvalue weighted by molar-refractivity contribution is 1.66. The third-order valence-corrected chi connectivity index (χ3v) is 0.855. The Kier molecular flexibility index (Phi) is 4.55. The van der Waals surface area contributed by atoms with Crippen LogP contribution in [-0.2, 0) is 0 Å². The summed E-state index contributed by atoms with van der Waals surface area (Å²) in [6.45, 7) is 5.25. The number of halogens is 2. The summed E-state index contributed by atoms with van der Waals surface area (Å²) in [6, 6.07) is 0. The highest BCUT2D eigenvalue weighted by Crippen LogP contribution is 2.01. The molecule has 0 saturated heterocycles. The molecule has 0 heterocycles. The molecule has 0 aromatic heterocycles. The molecule has 0 aromatic rings. The van der Waals surface area contributed by atoms with Crippen molar-refractivity contribution in [2.75, 3.05) is 0 Å². The Morgan fingerprint density at radius 2 is 2.00 bits per heavy atom. The third kappa shape index (κ3) is 7.80. The van der Waals surface area contributed by atoms with Crippen molar-refractivity contribution in [3.8, 4) is 0 Å². The van der Waals surface area contributed by atoms with Crippen molar-refractivity contribution in [3.63, 3.8) is 0 Å². The van der Waals surface area contributed by atoms with E-state index in [1.807, 2.05) is 0 Å². The van der Waals surface area contributed by atoms with Crippen LogP contribution in [0.1, 0.15) is 6.92 Å². The van der Waals surface area contributed by atoms with Crippen LogP contribution >= 0.6 is 23.2 Å². The first-order chi connectivity index (χ1) is 4.13. The Morgan fingerprint density at radius 1 is 1.44 bits per heavy atom. The molecule has 0 unspecified atom stereocenters. The van der Waals surface area contributed by atoms with Crippen LogP contribution in [0.25, 0.3) is 0 Å². The van der Waals surface area contributed by atoms with E-state index in [0.717, 1.165) is 5.03 Å². The summed E-state index contributed by atoms with van der Waals surface area (Å²) in [5, 5.41) is 1.23. The number of hydrogen-bond acceptors (Lipinski definition) is 0. The molecule has 0 spiro atoms. The Morgan fingerprint density at radius 3 is 2.33 bits per heavy atom. The average molecular weight is 163 g/mol. The molecule has 0 fully saturated rings. The lowest BCUT2D eigenvalue weighted by Crippen LogP contribution is -1.56. The van der Waals surface area contributed by atoms with Gasteiger partial charge in [-0.2, -0.15) is 0 Å². The molecule has 0 rings (SSSR count). The van der Waals surface area contributed by atoms with Gasteiger partial charge in [-0.05, 0) is 19.1 Å². The highest BCUT2D eigenvalue weighted by Gasteiger charge is 1.74. The topological polar surface area (TPSA) is 0 Å². The maximum atomic E-state index is 5.50. The highest BCUT2D eigenvalue weighted by molar-refractivity contribution is 6.31. The first-order valence-corrected chi connectivity index (χ1v) is 3.23. The van der Waals surface area contributed by atoms with E-state index in [-0.39, 0.29) is 0 Å². The molecule has 0 aliphatic heterocycles.